The van der Waals surface area contributed by atoms with Crippen molar-refractivity contribution in [3.05, 3.63) is 35.9 Å². The second-order valence-corrected chi connectivity index (χ2v) is 3.24. The van der Waals surface area contributed by atoms with Crippen LogP contribution in [0.25, 0.3) is 0 Å². The largest absolute Gasteiger partial charge is 0.550 e. The van der Waals surface area contributed by atoms with Gasteiger partial charge in [0.2, 0.25) is 5.91 Å². The lowest BCUT2D eigenvalue weighted by molar-refractivity contribution is -0.306. The standard InChI is InChI=1S/C11H13NO3/c1-8(13)12-10(7-11(14)15)9-5-3-2-4-6-9/h2-6,10H,7H2,1H3,(H,12,13)(H,14,15)/p-1/t10-/m0/s1. The van der Waals surface area contributed by atoms with Gasteiger partial charge in [-0.1, -0.05) is 30.3 Å². The van der Waals surface area contributed by atoms with Crippen LogP contribution in [0.15, 0.2) is 30.3 Å². The van der Waals surface area contributed by atoms with Crippen LogP contribution in [-0.4, -0.2) is 11.9 Å². The average molecular weight is 206 g/mol. The first-order valence-electron chi connectivity index (χ1n) is 4.61. The third kappa shape index (κ3) is 3.81. The normalized spacial score (nSPS) is 11.8. The van der Waals surface area contributed by atoms with Crippen LogP contribution in [0.3, 0.4) is 0 Å². The highest BCUT2D eigenvalue weighted by atomic mass is 16.4. The first kappa shape index (κ1) is 11.2. The fraction of sp³-hybridized carbons (Fsp3) is 0.273. The smallest absolute Gasteiger partial charge is 0.217 e. The van der Waals surface area contributed by atoms with E-state index in [0.717, 1.165) is 5.56 Å². The lowest BCUT2D eigenvalue weighted by atomic mass is 10.0. The molecule has 0 fully saturated rings. The molecule has 1 amide bonds. The highest BCUT2D eigenvalue weighted by molar-refractivity contribution is 5.74. The first-order chi connectivity index (χ1) is 7.09. The maximum atomic E-state index is 10.9. The Bertz CT molecular complexity index is 332. The average Bonchev–Trinajstić information content (AvgIpc) is 2.17. The number of benzene rings is 1. The Kier molecular flexibility index (Phi) is 3.85. The van der Waals surface area contributed by atoms with Crippen molar-refractivity contribution < 1.29 is 14.7 Å². The predicted molar refractivity (Wildman–Crippen MR) is 52.6 cm³/mol. The second kappa shape index (κ2) is 5.14. The minimum absolute atomic E-state index is 0.219. The summed E-state index contributed by atoms with van der Waals surface area (Å²) in [7, 11) is 0. The van der Waals surface area contributed by atoms with Gasteiger partial charge in [-0.3, -0.25) is 4.79 Å². The highest BCUT2D eigenvalue weighted by Gasteiger charge is 2.11. The molecule has 0 aliphatic carbocycles. The molecule has 0 heterocycles. The van der Waals surface area contributed by atoms with Crippen LogP contribution in [0.2, 0.25) is 0 Å². The van der Waals surface area contributed by atoms with Crippen LogP contribution in [0, 0.1) is 0 Å². The Morgan fingerprint density at radius 3 is 2.40 bits per heavy atom. The van der Waals surface area contributed by atoms with Crippen molar-refractivity contribution in [2.75, 3.05) is 0 Å². The van der Waals surface area contributed by atoms with Gasteiger partial charge in [-0.05, 0) is 5.56 Å². The van der Waals surface area contributed by atoms with Gasteiger partial charge >= 0.3 is 0 Å². The maximum absolute atomic E-state index is 10.9. The van der Waals surface area contributed by atoms with Crippen molar-refractivity contribution >= 4 is 11.9 Å². The number of aliphatic carboxylic acids is 1. The molecule has 0 aromatic heterocycles. The van der Waals surface area contributed by atoms with E-state index in [1.807, 2.05) is 6.07 Å². The van der Waals surface area contributed by atoms with Gasteiger partial charge in [-0.25, -0.2) is 0 Å². The molecule has 1 aromatic carbocycles. The van der Waals surface area contributed by atoms with Crippen molar-refractivity contribution in [1.29, 1.82) is 0 Å². The van der Waals surface area contributed by atoms with Gasteiger partial charge < -0.3 is 15.2 Å². The fourth-order valence-corrected chi connectivity index (χ4v) is 1.35. The molecule has 1 atom stereocenters. The van der Waals surface area contributed by atoms with E-state index in [0.29, 0.717) is 0 Å². The molecule has 1 rings (SSSR count). The van der Waals surface area contributed by atoms with E-state index < -0.39 is 12.0 Å². The van der Waals surface area contributed by atoms with Gasteiger partial charge in [-0.15, -0.1) is 0 Å². The molecular formula is C11H12NO3-. The molecule has 1 aromatic rings. The molecule has 4 nitrogen and oxygen atoms in total. The number of carboxylic acids is 1. The van der Waals surface area contributed by atoms with Gasteiger partial charge in [-0.2, -0.15) is 0 Å². The van der Waals surface area contributed by atoms with Crippen molar-refractivity contribution in [1.82, 2.24) is 5.32 Å². The molecule has 1 N–H and O–H groups in total. The molecular weight excluding hydrogens is 194 g/mol. The Morgan fingerprint density at radius 2 is 1.93 bits per heavy atom. The molecule has 0 saturated heterocycles. The quantitative estimate of drug-likeness (QED) is 0.754. The number of carbonyl (C=O) groups is 2. The van der Waals surface area contributed by atoms with E-state index in [9.17, 15) is 14.7 Å². The van der Waals surface area contributed by atoms with Gasteiger partial charge in [0.05, 0.1) is 6.04 Å². The zero-order valence-electron chi connectivity index (χ0n) is 8.40. The van der Waals surface area contributed by atoms with Crippen LogP contribution < -0.4 is 10.4 Å². The van der Waals surface area contributed by atoms with Crippen molar-refractivity contribution in [2.24, 2.45) is 0 Å². The van der Waals surface area contributed by atoms with E-state index in [-0.39, 0.29) is 12.3 Å². The summed E-state index contributed by atoms with van der Waals surface area (Å²) in [6, 6.07) is 8.42. The number of hydrogen-bond acceptors (Lipinski definition) is 3. The highest BCUT2D eigenvalue weighted by Crippen LogP contribution is 2.15. The van der Waals surface area contributed by atoms with E-state index in [1.54, 1.807) is 24.3 Å². The van der Waals surface area contributed by atoms with Crippen molar-refractivity contribution in [3.63, 3.8) is 0 Å². The summed E-state index contributed by atoms with van der Waals surface area (Å²) in [6.45, 7) is 1.35. The van der Waals surface area contributed by atoms with Crippen LogP contribution in [-0.2, 0) is 9.59 Å². The molecule has 0 radical (unpaired) electrons. The molecule has 0 saturated carbocycles. The Morgan fingerprint density at radius 1 is 1.33 bits per heavy atom. The number of hydrogen-bond donors (Lipinski definition) is 1. The van der Waals surface area contributed by atoms with E-state index >= 15 is 0 Å². The van der Waals surface area contributed by atoms with Crippen LogP contribution in [0.1, 0.15) is 24.9 Å². The summed E-state index contributed by atoms with van der Waals surface area (Å²) in [5.74, 6) is -1.44. The SMILES string of the molecule is CC(=O)N[C@@H](CC(=O)[O-])c1ccccc1. The zero-order valence-corrected chi connectivity index (χ0v) is 8.40. The molecule has 15 heavy (non-hydrogen) atoms. The first-order valence-corrected chi connectivity index (χ1v) is 4.61. The van der Waals surface area contributed by atoms with E-state index in [2.05, 4.69) is 5.32 Å². The third-order valence-corrected chi connectivity index (χ3v) is 1.95. The number of amides is 1. The summed E-state index contributed by atoms with van der Waals surface area (Å²) >= 11 is 0. The number of carboxylic acid groups (broad SMARTS) is 1. The topological polar surface area (TPSA) is 69.2 Å². The zero-order chi connectivity index (χ0) is 11.3. The van der Waals surface area contributed by atoms with Gasteiger partial charge in [0.25, 0.3) is 0 Å². The number of rotatable bonds is 4. The third-order valence-electron chi connectivity index (χ3n) is 1.95. The minimum atomic E-state index is -1.18. The van der Waals surface area contributed by atoms with Gasteiger partial charge in [0, 0.05) is 19.3 Å². The summed E-state index contributed by atoms with van der Waals surface area (Å²) in [6.07, 6.45) is -0.219. The minimum Gasteiger partial charge on any atom is -0.550 e. The number of nitrogens with one attached hydrogen (secondary N) is 1. The van der Waals surface area contributed by atoms with Crippen molar-refractivity contribution in [3.8, 4) is 0 Å². The Labute approximate surface area is 87.9 Å². The monoisotopic (exact) mass is 206 g/mol. The molecule has 0 aliphatic heterocycles. The maximum Gasteiger partial charge on any atom is 0.217 e. The Hall–Kier alpha value is -1.84. The van der Waals surface area contributed by atoms with Crippen LogP contribution in [0.5, 0.6) is 0 Å². The van der Waals surface area contributed by atoms with E-state index in [4.69, 9.17) is 0 Å². The second-order valence-electron chi connectivity index (χ2n) is 3.24. The fourth-order valence-electron chi connectivity index (χ4n) is 1.35. The number of carbonyl (C=O) groups excluding carboxylic acids is 2. The molecule has 0 aliphatic rings. The van der Waals surface area contributed by atoms with E-state index in [1.165, 1.54) is 6.92 Å². The lowest BCUT2D eigenvalue weighted by Crippen LogP contribution is -2.32. The molecule has 80 valence electrons. The molecule has 0 bridgehead atoms. The van der Waals surface area contributed by atoms with Crippen LogP contribution in [0.4, 0.5) is 0 Å². The predicted octanol–water partition coefficient (Wildman–Crippen LogP) is 0.00380. The molecule has 4 heteroatoms. The molecule has 0 unspecified atom stereocenters. The summed E-state index contributed by atoms with van der Waals surface area (Å²) in [4.78, 5) is 21.4. The van der Waals surface area contributed by atoms with Crippen molar-refractivity contribution in [2.45, 2.75) is 19.4 Å². The van der Waals surface area contributed by atoms with Gasteiger partial charge in [0.1, 0.15) is 0 Å². The summed E-state index contributed by atoms with van der Waals surface area (Å²) < 4.78 is 0. The van der Waals surface area contributed by atoms with Gasteiger partial charge in [0.15, 0.2) is 0 Å². The summed E-state index contributed by atoms with van der Waals surface area (Å²) in [5, 5.41) is 13.1. The summed E-state index contributed by atoms with van der Waals surface area (Å²) in [5.41, 5.74) is 0.761. The van der Waals surface area contributed by atoms with Crippen LogP contribution >= 0.6 is 0 Å². The molecule has 0 spiro atoms. The Balaban J connectivity index is 2.81. The lowest BCUT2D eigenvalue weighted by Gasteiger charge is -2.18.